The summed E-state index contributed by atoms with van der Waals surface area (Å²) in [7, 11) is 1.73. The first kappa shape index (κ1) is 26.4. The molecule has 0 fully saturated rings. The van der Waals surface area contributed by atoms with Crippen molar-refractivity contribution in [1.29, 1.82) is 0 Å². The molecule has 198 valence electrons. The molecule has 10 nitrogen and oxygen atoms in total. The number of pyridine rings is 2. The highest BCUT2D eigenvalue weighted by Gasteiger charge is 2.28. The Balaban J connectivity index is 1.46. The number of hydrogen-bond donors (Lipinski definition) is 1. The van der Waals surface area contributed by atoms with E-state index in [9.17, 15) is 13.6 Å². The highest BCUT2D eigenvalue weighted by molar-refractivity contribution is 5.83. The standard InChI is InChI=1S/C25H32F2N8O2/c1-5-6-11-35(24(36)15(2)18-8-10-21(28-13-18)37-25(26)27)14-19-9-7-17-12-20(16(3)29-22(17)30-19)23-31-33-34(4)32-23/h8,10,12-13,15,19,25H,5-7,9,11,14H2,1-4H3,(H,29,30)/t15-,19+/m0/s1. The number of nitrogens with one attached hydrogen (secondary N) is 1. The average molecular weight is 515 g/mol. The van der Waals surface area contributed by atoms with E-state index < -0.39 is 12.5 Å². The van der Waals surface area contributed by atoms with Gasteiger partial charge in [0.1, 0.15) is 5.82 Å². The number of aryl methyl sites for hydroxylation is 3. The summed E-state index contributed by atoms with van der Waals surface area (Å²) in [4.78, 5) is 25.5. The monoisotopic (exact) mass is 514 g/mol. The maximum absolute atomic E-state index is 13.5. The van der Waals surface area contributed by atoms with Gasteiger partial charge in [0, 0.05) is 37.0 Å². The molecule has 1 N–H and O–H groups in total. The van der Waals surface area contributed by atoms with Gasteiger partial charge < -0.3 is 15.0 Å². The third-order valence-corrected chi connectivity index (χ3v) is 6.52. The fourth-order valence-electron chi connectivity index (χ4n) is 4.44. The number of anilines is 1. The number of alkyl halides is 2. The minimum absolute atomic E-state index is 0.0291. The molecule has 2 atom stereocenters. The third-order valence-electron chi connectivity index (χ3n) is 6.52. The molecule has 1 aliphatic heterocycles. The molecule has 0 unspecified atom stereocenters. The summed E-state index contributed by atoms with van der Waals surface area (Å²) in [5.74, 6) is 0.691. The molecule has 4 rings (SSSR count). The van der Waals surface area contributed by atoms with Gasteiger partial charge in [-0.1, -0.05) is 19.4 Å². The van der Waals surface area contributed by atoms with Crippen LogP contribution in [-0.4, -0.2) is 66.7 Å². The molecule has 12 heteroatoms. The molecule has 0 aliphatic carbocycles. The molecule has 37 heavy (non-hydrogen) atoms. The number of unbranched alkanes of at least 4 members (excludes halogenated alkanes) is 1. The fourth-order valence-corrected chi connectivity index (χ4v) is 4.44. The van der Waals surface area contributed by atoms with E-state index in [1.807, 2.05) is 18.7 Å². The number of amides is 1. The quantitative estimate of drug-likeness (QED) is 0.436. The second-order valence-corrected chi connectivity index (χ2v) is 9.28. The summed E-state index contributed by atoms with van der Waals surface area (Å²) in [6.45, 7) is 4.04. The number of carbonyl (C=O) groups is 1. The van der Waals surface area contributed by atoms with E-state index in [2.05, 4.69) is 43.4 Å². The highest BCUT2D eigenvalue weighted by atomic mass is 19.3. The number of fused-ring (bicyclic) bond motifs is 1. The zero-order valence-electron chi connectivity index (χ0n) is 21.5. The van der Waals surface area contributed by atoms with Gasteiger partial charge in [0.15, 0.2) is 0 Å². The number of aromatic nitrogens is 6. The number of rotatable bonds is 10. The molecule has 0 bridgehead atoms. The summed E-state index contributed by atoms with van der Waals surface area (Å²) in [6.07, 6.45) is 4.92. The Morgan fingerprint density at radius 3 is 2.81 bits per heavy atom. The van der Waals surface area contributed by atoms with E-state index in [4.69, 9.17) is 4.98 Å². The number of ether oxygens (including phenoxy) is 1. The van der Waals surface area contributed by atoms with Gasteiger partial charge in [0.2, 0.25) is 17.6 Å². The highest BCUT2D eigenvalue weighted by Crippen LogP contribution is 2.30. The van der Waals surface area contributed by atoms with Gasteiger partial charge in [-0.25, -0.2) is 9.97 Å². The Hall–Kier alpha value is -3.70. The van der Waals surface area contributed by atoms with E-state index in [1.54, 1.807) is 13.1 Å². The molecule has 3 aromatic heterocycles. The van der Waals surface area contributed by atoms with Crippen LogP contribution in [0, 0.1) is 6.92 Å². The van der Waals surface area contributed by atoms with Crippen molar-refractivity contribution in [2.24, 2.45) is 7.05 Å². The molecule has 1 aliphatic rings. The van der Waals surface area contributed by atoms with Crippen molar-refractivity contribution in [2.45, 2.75) is 65.0 Å². The number of tetrazole rings is 1. The van der Waals surface area contributed by atoms with Gasteiger partial charge in [-0.2, -0.15) is 13.6 Å². The first-order chi connectivity index (χ1) is 17.7. The van der Waals surface area contributed by atoms with Crippen molar-refractivity contribution < 1.29 is 18.3 Å². The smallest absolute Gasteiger partial charge is 0.388 e. The second kappa shape index (κ2) is 11.6. The first-order valence-electron chi connectivity index (χ1n) is 12.5. The lowest BCUT2D eigenvalue weighted by atomic mass is 9.97. The summed E-state index contributed by atoms with van der Waals surface area (Å²) in [6, 6.07) is 5.08. The van der Waals surface area contributed by atoms with Gasteiger partial charge in [0.25, 0.3) is 0 Å². The van der Waals surface area contributed by atoms with Crippen molar-refractivity contribution in [3.8, 4) is 17.3 Å². The summed E-state index contributed by atoms with van der Waals surface area (Å²) in [5, 5.41) is 15.8. The Morgan fingerprint density at radius 2 is 2.16 bits per heavy atom. The van der Waals surface area contributed by atoms with Gasteiger partial charge in [-0.15, -0.1) is 10.2 Å². The zero-order valence-corrected chi connectivity index (χ0v) is 21.5. The van der Waals surface area contributed by atoms with E-state index in [0.717, 1.165) is 48.3 Å². The van der Waals surface area contributed by atoms with Crippen LogP contribution in [0.1, 0.15) is 55.8 Å². The molecule has 0 radical (unpaired) electrons. The summed E-state index contributed by atoms with van der Waals surface area (Å²) in [5.41, 5.74) is 3.40. The molecule has 4 heterocycles. The van der Waals surface area contributed by atoms with Crippen LogP contribution in [0.2, 0.25) is 0 Å². The Morgan fingerprint density at radius 1 is 1.35 bits per heavy atom. The molecule has 1 amide bonds. The number of halogens is 2. The second-order valence-electron chi connectivity index (χ2n) is 9.28. The largest absolute Gasteiger partial charge is 0.417 e. The molecule has 0 saturated heterocycles. The maximum atomic E-state index is 13.5. The predicted molar refractivity (Wildman–Crippen MR) is 133 cm³/mol. The van der Waals surface area contributed by atoms with Gasteiger partial charge in [0.05, 0.1) is 18.7 Å². The molecule has 0 aromatic carbocycles. The molecule has 3 aromatic rings. The van der Waals surface area contributed by atoms with Crippen LogP contribution in [0.5, 0.6) is 5.88 Å². The Kier molecular flexibility index (Phi) is 8.24. The number of carbonyl (C=O) groups excluding carboxylic acids is 1. The summed E-state index contributed by atoms with van der Waals surface area (Å²) >= 11 is 0. The van der Waals surface area contributed by atoms with Gasteiger partial charge in [-0.05, 0) is 55.5 Å². The van der Waals surface area contributed by atoms with Gasteiger partial charge in [-0.3, -0.25) is 4.79 Å². The lowest BCUT2D eigenvalue weighted by Gasteiger charge is -2.33. The Bertz CT molecular complexity index is 1220. The number of hydrogen-bond acceptors (Lipinski definition) is 8. The lowest BCUT2D eigenvalue weighted by Crippen LogP contribution is -2.44. The van der Waals surface area contributed by atoms with Crippen molar-refractivity contribution in [3.05, 3.63) is 41.2 Å². The first-order valence-corrected chi connectivity index (χ1v) is 12.5. The van der Waals surface area contributed by atoms with Crippen LogP contribution in [0.15, 0.2) is 24.4 Å². The van der Waals surface area contributed by atoms with Crippen LogP contribution >= 0.6 is 0 Å². The molecule has 0 spiro atoms. The van der Waals surface area contributed by atoms with Crippen molar-refractivity contribution in [2.75, 3.05) is 18.4 Å². The van der Waals surface area contributed by atoms with Crippen molar-refractivity contribution >= 4 is 11.7 Å². The Labute approximate surface area is 214 Å². The van der Waals surface area contributed by atoms with Crippen molar-refractivity contribution in [1.82, 2.24) is 35.1 Å². The minimum atomic E-state index is -2.94. The van der Waals surface area contributed by atoms with Crippen LogP contribution in [0.3, 0.4) is 0 Å². The van der Waals surface area contributed by atoms with Gasteiger partial charge >= 0.3 is 6.61 Å². The van der Waals surface area contributed by atoms with E-state index in [0.29, 0.717) is 24.5 Å². The fraction of sp³-hybridized carbons (Fsp3) is 0.520. The molecular formula is C25H32F2N8O2. The van der Waals surface area contributed by atoms with Crippen LogP contribution in [0.25, 0.3) is 11.4 Å². The third kappa shape index (κ3) is 6.36. The summed E-state index contributed by atoms with van der Waals surface area (Å²) < 4.78 is 29.2. The molecular weight excluding hydrogens is 482 g/mol. The van der Waals surface area contributed by atoms with Crippen LogP contribution < -0.4 is 10.1 Å². The predicted octanol–water partition coefficient (Wildman–Crippen LogP) is 3.74. The van der Waals surface area contributed by atoms with E-state index in [-0.39, 0.29) is 17.8 Å². The normalized spacial score (nSPS) is 15.7. The average Bonchev–Trinajstić information content (AvgIpc) is 3.31. The van der Waals surface area contributed by atoms with Crippen molar-refractivity contribution in [3.63, 3.8) is 0 Å². The lowest BCUT2D eigenvalue weighted by molar-refractivity contribution is -0.132. The topological polar surface area (TPSA) is 111 Å². The minimum Gasteiger partial charge on any atom is -0.417 e. The van der Waals surface area contributed by atoms with E-state index in [1.165, 1.54) is 17.1 Å². The SMILES string of the molecule is CCCCN(C[C@H]1CCc2cc(-c3nnn(C)n3)c(C)nc2N1)C(=O)[C@@H](C)c1ccc(OC(F)F)nc1. The van der Waals surface area contributed by atoms with E-state index >= 15 is 0 Å². The maximum Gasteiger partial charge on any atom is 0.388 e. The zero-order chi connectivity index (χ0) is 26.5. The number of nitrogens with zero attached hydrogens (tertiary/aromatic N) is 7. The molecule has 0 saturated carbocycles. The van der Waals surface area contributed by atoms with Crippen LogP contribution in [0.4, 0.5) is 14.6 Å². The van der Waals surface area contributed by atoms with Crippen LogP contribution in [-0.2, 0) is 18.3 Å².